The maximum Gasteiger partial charge on any atom is 0.322 e. The molecule has 9 heteroatoms. The first-order chi connectivity index (χ1) is 12.4. The van der Waals surface area contributed by atoms with Crippen LogP contribution in [0.1, 0.15) is 43.3 Å². The van der Waals surface area contributed by atoms with Crippen molar-refractivity contribution in [2.24, 2.45) is 0 Å². The van der Waals surface area contributed by atoms with E-state index in [2.05, 4.69) is 15.5 Å². The molecule has 6 nitrogen and oxygen atoms in total. The molecule has 2 fully saturated rings. The number of rotatable bonds is 3. The van der Waals surface area contributed by atoms with Crippen LogP contribution in [-0.4, -0.2) is 34.2 Å². The lowest BCUT2D eigenvalue weighted by atomic mass is 9.94. The van der Waals surface area contributed by atoms with E-state index in [0.717, 1.165) is 18.9 Å². The van der Waals surface area contributed by atoms with E-state index in [4.69, 9.17) is 16.1 Å². The average Bonchev–Trinajstić information content (AvgIpc) is 3.33. The fourth-order valence-electron chi connectivity index (χ4n) is 3.07. The van der Waals surface area contributed by atoms with Crippen molar-refractivity contribution in [3.05, 3.63) is 40.8 Å². The number of alkyl halides is 1. The number of halogens is 3. The van der Waals surface area contributed by atoms with E-state index >= 15 is 4.39 Å². The van der Waals surface area contributed by atoms with Crippen molar-refractivity contribution in [1.29, 1.82) is 0 Å². The minimum absolute atomic E-state index is 0.0109. The molecule has 1 N–H and O–H groups in total. The standard InChI is InChI=1S/C17H17ClF2N4O2/c18-11-4-5-13(12(19)8-11)21-16(25)24-7-1-6-17(20,9-24)15-22-14(23-26-15)10-2-3-10/h4-5,8,10H,1-3,6-7,9H2,(H,21,25). The Morgan fingerprint density at radius 1 is 1.42 bits per heavy atom. The van der Waals surface area contributed by atoms with Gasteiger partial charge in [0, 0.05) is 17.5 Å². The average molecular weight is 383 g/mol. The van der Waals surface area contributed by atoms with E-state index in [1.54, 1.807) is 0 Å². The van der Waals surface area contributed by atoms with Crippen LogP contribution in [0.2, 0.25) is 5.02 Å². The maximum atomic E-state index is 15.4. The monoisotopic (exact) mass is 382 g/mol. The molecule has 1 aromatic heterocycles. The minimum Gasteiger partial charge on any atom is -0.336 e. The number of amides is 2. The fraction of sp³-hybridized carbons (Fsp3) is 0.471. The molecule has 2 heterocycles. The van der Waals surface area contributed by atoms with Crippen LogP contribution in [0, 0.1) is 5.82 Å². The first-order valence-electron chi connectivity index (χ1n) is 8.48. The highest BCUT2D eigenvalue weighted by Gasteiger charge is 2.44. The second-order valence-corrected chi connectivity index (χ2v) is 7.21. The predicted octanol–water partition coefficient (Wildman–Crippen LogP) is 4.23. The van der Waals surface area contributed by atoms with Gasteiger partial charge in [0.1, 0.15) is 5.82 Å². The van der Waals surface area contributed by atoms with Crippen molar-refractivity contribution in [3.63, 3.8) is 0 Å². The van der Waals surface area contributed by atoms with Crippen LogP contribution in [0.25, 0.3) is 0 Å². The minimum atomic E-state index is -1.89. The summed E-state index contributed by atoms with van der Waals surface area (Å²) in [6, 6.07) is 3.34. The number of nitrogens with zero attached hydrogens (tertiary/aromatic N) is 3. The van der Waals surface area contributed by atoms with E-state index in [0.29, 0.717) is 18.8 Å². The van der Waals surface area contributed by atoms with Gasteiger partial charge in [0.2, 0.25) is 5.67 Å². The molecule has 138 valence electrons. The molecular formula is C17H17ClF2N4O2. The van der Waals surface area contributed by atoms with Gasteiger partial charge in [-0.1, -0.05) is 16.8 Å². The van der Waals surface area contributed by atoms with Gasteiger partial charge >= 0.3 is 6.03 Å². The van der Waals surface area contributed by atoms with Crippen LogP contribution in [0.5, 0.6) is 0 Å². The van der Waals surface area contributed by atoms with Gasteiger partial charge in [-0.2, -0.15) is 4.98 Å². The third kappa shape index (κ3) is 3.38. The summed E-state index contributed by atoms with van der Waals surface area (Å²) in [4.78, 5) is 17.9. The van der Waals surface area contributed by atoms with Gasteiger partial charge in [0.05, 0.1) is 12.2 Å². The SMILES string of the molecule is O=C(Nc1ccc(Cl)cc1F)N1CCCC(F)(c2nc(C3CC3)no2)C1. The first kappa shape index (κ1) is 17.2. The molecule has 0 spiro atoms. The molecule has 0 bridgehead atoms. The number of carbonyl (C=O) groups excluding carboxylic acids is 1. The number of benzene rings is 1. The molecule has 1 unspecified atom stereocenters. The summed E-state index contributed by atoms with van der Waals surface area (Å²) in [6.45, 7) is 0.136. The van der Waals surface area contributed by atoms with Gasteiger partial charge in [0.15, 0.2) is 5.82 Å². The van der Waals surface area contributed by atoms with E-state index in [1.165, 1.54) is 17.0 Å². The lowest BCUT2D eigenvalue weighted by Gasteiger charge is -2.35. The van der Waals surface area contributed by atoms with Crippen molar-refractivity contribution >= 4 is 23.3 Å². The molecule has 1 saturated heterocycles. The van der Waals surface area contributed by atoms with Crippen LogP contribution in [-0.2, 0) is 5.67 Å². The zero-order chi connectivity index (χ0) is 18.3. The molecular weight excluding hydrogens is 366 g/mol. The third-order valence-electron chi connectivity index (χ3n) is 4.67. The Labute approximate surface area is 153 Å². The van der Waals surface area contributed by atoms with Gasteiger partial charge < -0.3 is 14.7 Å². The Morgan fingerprint density at radius 3 is 2.96 bits per heavy atom. The molecule has 2 aliphatic rings. The van der Waals surface area contributed by atoms with E-state index in [1.807, 2.05) is 0 Å². The molecule has 4 rings (SSSR count). The van der Waals surface area contributed by atoms with Gasteiger partial charge in [-0.25, -0.2) is 13.6 Å². The van der Waals surface area contributed by atoms with Crippen LogP contribution >= 0.6 is 11.6 Å². The summed E-state index contributed by atoms with van der Waals surface area (Å²) in [7, 11) is 0. The molecule has 1 atom stereocenters. The Bertz CT molecular complexity index is 842. The zero-order valence-corrected chi connectivity index (χ0v) is 14.6. The maximum absolute atomic E-state index is 15.4. The predicted molar refractivity (Wildman–Crippen MR) is 90.3 cm³/mol. The molecule has 2 aromatic rings. The molecule has 26 heavy (non-hydrogen) atoms. The van der Waals surface area contributed by atoms with Gasteiger partial charge in [0.25, 0.3) is 5.89 Å². The summed E-state index contributed by atoms with van der Waals surface area (Å²) >= 11 is 5.70. The van der Waals surface area contributed by atoms with Gasteiger partial charge in [-0.05, 0) is 43.9 Å². The second kappa shape index (κ2) is 6.50. The van der Waals surface area contributed by atoms with Gasteiger partial charge in [-0.15, -0.1) is 0 Å². The van der Waals surface area contributed by atoms with Gasteiger partial charge in [-0.3, -0.25) is 0 Å². The normalized spacial score (nSPS) is 23.1. The van der Waals surface area contributed by atoms with E-state index < -0.39 is 17.5 Å². The van der Waals surface area contributed by atoms with E-state index in [-0.39, 0.29) is 35.5 Å². The van der Waals surface area contributed by atoms with Crippen molar-refractivity contribution in [2.75, 3.05) is 18.4 Å². The van der Waals surface area contributed by atoms with Crippen molar-refractivity contribution in [1.82, 2.24) is 15.0 Å². The first-order valence-corrected chi connectivity index (χ1v) is 8.86. The molecule has 1 aliphatic carbocycles. The fourth-order valence-corrected chi connectivity index (χ4v) is 3.23. The highest BCUT2D eigenvalue weighted by atomic mass is 35.5. The highest BCUT2D eigenvalue weighted by Crippen LogP contribution is 2.41. The number of nitrogens with one attached hydrogen (secondary N) is 1. The highest BCUT2D eigenvalue weighted by molar-refractivity contribution is 6.30. The number of anilines is 1. The number of urea groups is 1. The third-order valence-corrected chi connectivity index (χ3v) is 4.91. The molecule has 1 saturated carbocycles. The molecule has 2 amide bonds. The lowest BCUT2D eigenvalue weighted by molar-refractivity contribution is 0.0333. The smallest absolute Gasteiger partial charge is 0.322 e. The number of carbonyl (C=O) groups is 1. The summed E-state index contributed by atoms with van der Waals surface area (Å²) in [5.41, 5.74) is -1.91. The zero-order valence-electron chi connectivity index (χ0n) is 13.8. The molecule has 1 aliphatic heterocycles. The number of hydrogen-bond donors (Lipinski definition) is 1. The number of aromatic nitrogens is 2. The summed E-state index contributed by atoms with van der Waals surface area (Å²) in [6.07, 6.45) is 2.60. The Hall–Kier alpha value is -2.22. The van der Waals surface area contributed by atoms with Crippen LogP contribution in [0.15, 0.2) is 22.7 Å². The Kier molecular flexibility index (Phi) is 4.30. The topological polar surface area (TPSA) is 71.3 Å². The van der Waals surface area contributed by atoms with Crippen LogP contribution in [0.4, 0.5) is 19.3 Å². The van der Waals surface area contributed by atoms with Crippen LogP contribution < -0.4 is 5.32 Å². The molecule has 0 radical (unpaired) electrons. The quantitative estimate of drug-likeness (QED) is 0.862. The number of piperidine rings is 1. The molecule has 1 aromatic carbocycles. The Morgan fingerprint density at radius 2 is 2.23 bits per heavy atom. The summed E-state index contributed by atoms with van der Waals surface area (Å²) in [5.74, 6) is 0.0451. The van der Waals surface area contributed by atoms with E-state index in [9.17, 15) is 9.18 Å². The summed E-state index contributed by atoms with van der Waals surface area (Å²) < 4.78 is 34.3. The second-order valence-electron chi connectivity index (χ2n) is 6.78. The largest absolute Gasteiger partial charge is 0.336 e. The Balaban J connectivity index is 1.47. The number of hydrogen-bond acceptors (Lipinski definition) is 4. The van der Waals surface area contributed by atoms with Crippen LogP contribution in [0.3, 0.4) is 0 Å². The number of likely N-dealkylation sites (tertiary alicyclic amines) is 1. The van der Waals surface area contributed by atoms with Crippen molar-refractivity contribution < 1.29 is 18.1 Å². The summed E-state index contributed by atoms with van der Waals surface area (Å²) in [5, 5.41) is 6.52. The van der Waals surface area contributed by atoms with Crippen molar-refractivity contribution in [3.8, 4) is 0 Å². The van der Waals surface area contributed by atoms with Crippen molar-refractivity contribution in [2.45, 2.75) is 37.3 Å². The lowest BCUT2D eigenvalue weighted by Crippen LogP contribution is -2.48.